The van der Waals surface area contributed by atoms with Crippen molar-refractivity contribution in [2.45, 2.75) is 32.3 Å². The summed E-state index contributed by atoms with van der Waals surface area (Å²) in [6.07, 6.45) is 0.0361. The summed E-state index contributed by atoms with van der Waals surface area (Å²) in [5, 5.41) is 16.7. The van der Waals surface area contributed by atoms with E-state index in [2.05, 4.69) is 16.0 Å². The molecule has 2 aromatic rings. The Labute approximate surface area is 248 Å². The minimum absolute atomic E-state index is 0.0123. The van der Waals surface area contributed by atoms with Gasteiger partial charge in [-0.25, -0.2) is 14.4 Å². The summed E-state index contributed by atoms with van der Waals surface area (Å²) in [6.45, 7) is 3.97. The molecule has 2 aromatic carbocycles. The molecule has 2 aliphatic rings. The number of carboxylic acids is 1. The van der Waals surface area contributed by atoms with Gasteiger partial charge in [-0.1, -0.05) is 48.5 Å². The average Bonchev–Trinajstić information content (AvgIpc) is 3.25. The smallest absolute Gasteiger partial charge is 0.413 e. The van der Waals surface area contributed by atoms with Crippen molar-refractivity contribution in [3.8, 4) is 11.1 Å². The van der Waals surface area contributed by atoms with Crippen LogP contribution in [0.5, 0.6) is 0 Å². The molecule has 13 heteroatoms. The number of hydrogen-bond donors (Lipinski definition) is 4. The van der Waals surface area contributed by atoms with Crippen LogP contribution in [0, 0.1) is 0 Å². The van der Waals surface area contributed by atoms with Crippen LogP contribution in [0.4, 0.5) is 14.4 Å². The van der Waals surface area contributed by atoms with Gasteiger partial charge in [0, 0.05) is 25.6 Å². The molecule has 43 heavy (non-hydrogen) atoms. The second-order valence-electron chi connectivity index (χ2n) is 11.0. The first-order valence-electron chi connectivity index (χ1n) is 13.8. The number of benzene rings is 2. The Hall–Kier alpha value is -5.07. The maximum absolute atomic E-state index is 12.9. The molecule has 1 aliphatic heterocycles. The molecule has 0 saturated carbocycles. The number of nitrogens with one attached hydrogen (secondary N) is 3. The molecule has 5 amide bonds. The maximum Gasteiger partial charge on any atom is 0.413 e. The molecule has 0 atom stereocenters. The van der Waals surface area contributed by atoms with E-state index in [4.69, 9.17) is 9.47 Å². The van der Waals surface area contributed by atoms with Gasteiger partial charge in [-0.2, -0.15) is 0 Å². The summed E-state index contributed by atoms with van der Waals surface area (Å²) in [5.41, 5.74) is 3.61. The number of alkyl carbamates (subject to hydrolysis) is 2. The van der Waals surface area contributed by atoms with E-state index in [1.807, 2.05) is 48.5 Å². The largest absolute Gasteiger partial charge is 0.480 e. The zero-order valence-electron chi connectivity index (χ0n) is 24.2. The number of carbonyl (C=O) groups excluding carboxylic acids is 4. The van der Waals surface area contributed by atoms with Crippen LogP contribution in [0.2, 0.25) is 0 Å². The van der Waals surface area contributed by atoms with Gasteiger partial charge in [0.05, 0.1) is 0 Å². The third-order valence-corrected chi connectivity index (χ3v) is 6.68. The lowest BCUT2D eigenvalue weighted by molar-refractivity contribution is -0.144. The first-order valence-corrected chi connectivity index (χ1v) is 13.8. The normalized spacial score (nSPS) is 14.1. The van der Waals surface area contributed by atoms with E-state index >= 15 is 0 Å². The van der Waals surface area contributed by atoms with Crippen LogP contribution in [-0.4, -0.2) is 89.9 Å². The van der Waals surface area contributed by atoms with Gasteiger partial charge < -0.3 is 29.7 Å². The molecule has 1 heterocycles. The van der Waals surface area contributed by atoms with Gasteiger partial charge >= 0.3 is 24.2 Å². The Kier molecular flexibility index (Phi) is 9.53. The number of amides is 5. The minimum atomic E-state index is -1.25. The van der Waals surface area contributed by atoms with Crippen LogP contribution in [-0.2, 0) is 19.1 Å². The van der Waals surface area contributed by atoms with Gasteiger partial charge in [0.1, 0.15) is 31.1 Å². The Morgan fingerprint density at radius 3 is 2.23 bits per heavy atom. The Morgan fingerprint density at radius 2 is 1.65 bits per heavy atom. The molecule has 0 unspecified atom stereocenters. The maximum atomic E-state index is 12.9. The molecule has 0 spiro atoms. The molecule has 0 aromatic heterocycles. The highest BCUT2D eigenvalue weighted by Gasteiger charge is 2.30. The minimum Gasteiger partial charge on any atom is -0.480 e. The number of hydrogen-bond acceptors (Lipinski definition) is 7. The highest BCUT2D eigenvalue weighted by molar-refractivity contribution is 5.88. The predicted octanol–water partition coefficient (Wildman–Crippen LogP) is 2.83. The van der Waals surface area contributed by atoms with Crippen molar-refractivity contribution < 1.29 is 38.6 Å². The van der Waals surface area contributed by atoms with Gasteiger partial charge in [0.25, 0.3) is 0 Å². The quantitative estimate of drug-likeness (QED) is 0.326. The SMILES string of the molecule is CC(C)(C)OC(=O)NC1=CCN(CC(=O)N(CCNC(=O)OCC2c3ccccc3-c3ccccc32)CC(=O)O)C(=O)N1. The molecular formula is C30H35N5O8. The fourth-order valence-corrected chi connectivity index (χ4v) is 4.82. The highest BCUT2D eigenvalue weighted by Crippen LogP contribution is 2.44. The van der Waals surface area contributed by atoms with Crippen molar-refractivity contribution >= 4 is 30.1 Å². The van der Waals surface area contributed by atoms with Crippen LogP contribution in [0.1, 0.15) is 37.8 Å². The fraction of sp³-hybridized carbons (Fsp3) is 0.367. The number of carboxylic acid groups (broad SMARTS) is 1. The van der Waals surface area contributed by atoms with Gasteiger partial charge in [-0.05, 0) is 49.1 Å². The number of carbonyl (C=O) groups is 5. The molecule has 13 nitrogen and oxygen atoms in total. The molecule has 0 saturated heterocycles. The topological polar surface area (TPSA) is 167 Å². The van der Waals surface area contributed by atoms with Gasteiger partial charge in [-0.15, -0.1) is 0 Å². The summed E-state index contributed by atoms with van der Waals surface area (Å²) in [7, 11) is 0. The van der Waals surface area contributed by atoms with Crippen molar-refractivity contribution in [3.05, 3.63) is 71.6 Å². The molecule has 1 aliphatic carbocycles. The van der Waals surface area contributed by atoms with Crippen molar-refractivity contribution in [1.82, 2.24) is 25.8 Å². The predicted molar refractivity (Wildman–Crippen MR) is 155 cm³/mol. The lowest BCUT2D eigenvalue weighted by Crippen LogP contribution is -2.52. The van der Waals surface area contributed by atoms with Crippen molar-refractivity contribution in [1.29, 1.82) is 0 Å². The average molecular weight is 594 g/mol. The number of aliphatic carboxylic acids is 1. The summed E-state index contributed by atoms with van der Waals surface area (Å²) < 4.78 is 10.6. The van der Waals surface area contributed by atoms with E-state index in [0.717, 1.165) is 32.1 Å². The van der Waals surface area contributed by atoms with Crippen LogP contribution < -0.4 is 16.0 Å². The van der Waals surface area contributed by atoms with Gasteiger partial charge in [-0.3, -0.25) is 20.2 Å². The van der Waals surface area contributed by atoms with E-state index in [-0.39, 0.29) is 38.0 Å². The number of urea groups is 1. The van der Waals surface area contributed by atoms with Crippen LogP contribution in [0.3, 0.4) is 0 Å². The highest BCUT2D eigenvalue weighted by atomic mass is 16.6. The summed E-state index contributed by atoms with van der Waals surface area (Å²) in [6, 6.07) is 15.2. The molecule has 0 fully saturated rings. The Bertz CT molecular complexity index is 1390. The first-order chi connectivity index (χ1) is 20.4. The van der Waals surface area contributed by atoms with E-state index < -0.39 is 48.8 Å². The van der Waals surface area contributed by atoms with Gasteiger partial charge in [0.2, 0.25) is 5.91 Å². The molecule has 0 radical (unpaired) electrons. The monoisotopic (exact) mass is 593 g/mol. The third-order valence-electron chi connectivity index (χ3n) is 6.68. The first kappa shape index (κ1) is 30.9. The molecule has 0 bridgehead atoms. The van der Waals surface area contributed by atoms with Crippen LogP contribution in [0.15, 0.2) is 60.4 Å². The summed E-state index contributed by atoms with van der Waals surface area (Å²) in [4.78, 5) is 63.4. The number of fused-ring (bicyclic) bond motifs is 3. The third kappa shape index (κ3) is 8.24. The number of ether oxygens (including phenoxy) is 2. The lowest BCUT2D eigenvalue weighted by atomic mass is 9.98. The zero-order chi connectivity index (χ0) is 31.1. The Morgan fingerprint density at radius 1 is 1.02 bits per heavy atom. The fourth-order valence-electron chi connectivity index (χ4n) is 4.82. The lowest BCUT2D eigenvalue weighted by Gasteiger charge is -2.29. The Balaban J connectivity index is 1.26. The van der Waals surface area contributed by atoms with Gasteiger partial charge in [0.15, 0.2) is 0 Å². The summed E-state index contributed by atoms with van der Waals surface area (Å²) in [5.74, 6) is -1.89. The molecular weight excluding hydrogens is 558 g/mol. The molecule has 228 valence electrons. The molecule has 4 N–H and O–H groups in total. The number of rotatable bonds is 10. The van der Waals surface area contributed by atoms with Crippen LogP contribution in [0.25, 0.3) is 11.1 Å². The zero-order valence-corrected chi connectivity index (χ0v) is 24.2. The van der Waals surface area contributed by atoms with Crippen molar-refractivity contribution in [2.75, 3.05) is 39.3 Å². The van der Waals surface area contributed by atoms with E-state index in [0.29, 0.717) is 0 Å². The van der Waals surface area contributed by atoms with Crippen molar-refractivity contribution in [2.24, 2.45) is 0 Å². The van der Waals surface area contributed by atoms with Crippen molar-refractivity contribution in [3.63, 3.8) is 0 Å². The summed E-state index contributed by atoms with van der Waals surface area (Å²) >= 11 is 0. The van der Waals surface area contributed by atoms with E-state index in [1.165, 1.54) is 6.08 Å². The van der Waals surface area contributed by atoms with E-state index in [1.54, 1.807) is 20.8 Å². The van der Waals surface area contributed by atoms with Crippen LogP contribution >= 0.6 is 0 Å². The standard InChI is InChI=1S/C30H35N5O8/c1-30(2,3)43-29(41)33-24-12-14-35(27(39)32-24)16-25(36)34(17-26(37)38)15-13-31-28(40)42-18-23-21-10-6-4-8-19(21)20-9-5-7-11-22(20)23/h4-12,23H,13-18H2,1-3H3,(H,31,40)(H,32,39)(H,33,41)(H,37,38). The second-order valence-corrected chi connectivity index (χ2v) is 11.0. The second kappa shape index (κ2) is 13.3. The van der Waals surface area contributed by atoms with E-state index in [9.17, 15) is 29.1 Å². The molecule has 4 rings (SSSR count). The number of nitrogens with zero attached hydrogens (tertiary/aromatic N) is 2.